The van der Waals surface area contributed by atoms with Crippen LogP contribution in [-0.4, -0.2) is 37.0 Å². The summed E-state index contributed by atoms with van der Waals surface area (Å²) in [6, 6.07) is 9.56. The number of carbonyl (C=O) groups excluding carboxylic acids is 3. The van der Waals surface area contributed by atoms with E-state index in [1.807, 2.05) is 6.92 Å². The van der Waals surface area contributed by atoms with Crippen LogP contribution >= 0.6 is 0 Å². The second-order valence-electron chi connectivity index (χ2n) is 7.79. The Balaban J connectivity index is 1.81. The standard InChI is InChI=1S/C23H26N2O6/c1-4-12-23(22(28)30-5-2)18-17(19(24-23)16-7-6-13-31-16)20(26)25(21(18)27)14-8-10-15(29-3)11-9-14/h6-11,13,17-19,24H,4-5,12H2,1-3H3/t17-,18+,19-,23+/m1/s1. The molecule has 0 bridgehead atoms. The second kappa shape index (κ2) is 8.19. The molecule has 1 aromatic heterocycles. The first kappa shape index (κ1) is 21.1. The molecule has 0 spiro atoms. The van der Waals surface area contributed by atoms with Crippen molar-refractivity contribution in [1.82, 2.24) is 5.32 Å². The van der Waals surface area contributed by atoms with Crippen molar-refractivity contribution < 1.29 is 28.3 Å². The summed E-state index contributed by atoms with van der Waals surface area (Å²) in [4.78, 5) is 41.6. The highest BCUT2D eigenvalue weighted by atomic mass is 16.5. The number of benzene rings is 1. The Labute approximate surface area is 180 Å². The Morgan fingerprint density at radius 2 is 1.90 bits per heavy atom. The molecule has 1 N–H and O–H groups in total. The van der Waals surface area contributed by atoms with E-state index in [2.05, 4.69) is 5.32 Å². The van der Waals surface area contributed by atoms with Gasteiger partial charge in [0.05, 0.1) is 43.5 Å². The van der Waals surface area contributed by atoms with Crippen LogP contribution in [0.5, 0.6) is 5.75 Å². The zero-order valence-corrected chi connectivity index (χ0v) is 17.8. The van der Waals surface area contributed by atoms with Crippen molar-refractivity contribution in [2.24, 2.45) is 11.8 Å². The number of methoxy groups -OCH3 is 1. The molecular weight excluding hydrogens is 400 g/mol. The summed E-state index contributed by atoms with van der Waals surface area (Å²) in [5.74, 6) is -1.84. The van der Waals surface area contributed by atoms with Crippen LogP contribution in [0.2, 0.25) is 0 Å². The van der Waals surface area contributed by atoms with Crippen molar-refractivity contribution in [3.8, 4) is 5.75 Å². The maximum Gasteiger partial charge on any atom is 0.327 e. The van der Waals surface area contributed by atoms with Crippen molar-refractivity contribution in [3.05, 3.63) is 48.4 Å². The van der Waals surface area contributed by atoms with Crippen molar-refractivity contribution in [2.75, 3.05) is 18.6 Å². The van der Waals surface area contributed by atoms with Gasteiger partial charge in [0.2, 0.25) is 11.8 Å². The van der Waals surface area contributed by atoms with Crippen LogP contribution in [0.3, 0.4) is 0 Å². The predicted molar refractivity (Wildman–Crippen MR) is 111 cm³/mol. The predicted octanol–water partition coefficient (Wildman–Crippen LogP) is 2.84. The highest BCUT2D eigenvalue weighted by molar-refractivity contribution is 6.24. The van der Waals surface area contributed by atoms with E-state index in [1.54, 1.807) is 50.4 Å². The number of esters is 1. The number of carbonyl (C=O) groups is 3. The molecule has 2 saturated heterocycles. The van der Waals surface area contributed by atoms with Gasteiger partial charge < -0.3 is 13.9 Å². The molecule has 1 aromatic carbocycles. The molecule has 2 aliphatic rings. The summed E-state index contributed by atoms with van der Waals surface area (Å²) in [5, 5.41) is 3.29. The molecule has 8 nitrogen and oxygen atoms in total. The number of hydrogen-bond donors (Lipinski definition) is 1. The third-order valence-corrected chi connectivity index (χ3v) is 6.12. The van der Waals surface area contributed by atoms with Gasteiger partial charge in [-0.3, -0.25) is 19.7 Å². The van der Waals surface area contributed by atoms with Gasteiger partial charge >= 0.3 is 5.97 Å². The fourth-order valence-electron chi connectivity index (χ4n) is 4.87. The molecule has 8 heteroatoms. The van der Waals surface area contributed by atoms with Crippen LogP contribution < -0.4 is 15.0 Å². The molecule has 2 aliphatic heterocycles. The fourth-order valence-corrected chi connectivity index (χ4v) is 4.87. The highest BCUT2D eigenvalue weighted by Gasteiger charge is 2.69. The summed E-state index contributed by atoms with van der Waals surface area (Å²) in [6.45, 7) is 3.83. The van der Waals surface area contributed by atoms with Gasteiger partial charge in [-0.2, -0.15) is 0 Å². The topological polar surface area (TPSA) is 98.1 Å². The summed E-state index contributed by atoms with van der Waals surface area (Å²) in [6.07, 6.45) is 2.50. The maximum absolute atomic E-state index is 13.7. The number of imide groups is 1. The van der Waals surface area contributed by atoms with Gasteiger partial charge in [0.15, 0.2) is 0 Å². The van der Waals surface area contributed by atoms with Crippen molar-refractivity contribution in [2.45, 2.75) is 38.3 Å². The normalized spacial score (nSPS) is 27.5. The smallest absolute Gasteiger partial charge is 0.327 e. The monoisotopic (exact) mass is 426 g/mol. The first-order valence-corrected chi connectivity index (χ1v) is 10.5. The fraction of sp³-hybridized carbons (Fsp3) is 0.435. The van der Waals surface area contributed by atoms with Crippen LogP contribution in [-0.2, 0) is 19.1 Å². The molecule has 3 heterocycles. The molecule has 0 aliphatic carbocycles. The first-order valence-electron chi connectivity index (χ1n) is 10.5. The molecule has 4 rings (SSSR count). The van der Waals surface area contributed by atoms with Crippen molar-refractivity contribution >= 4 is 23.5 Å². The molecule has 164 valence electrons. The quantitative estimate of drug-likeness (QED) is 0.537. The molecule has 2 fully saturated rings. The van der Waals surface area contributed by atoms with Gasteiger partial charge in [-0.15, -0.1) is 0 Å². The molecular formula is C23H26N2O6. The minimum Gasteiger partial charge on any atom is -0.497 e. The lowest BCUT2D eigenvalue weighted by atomic mass is 9.77. The minimum absolute atomic E-state index is 0.180. The first-order chi connectivity index (χ1) is 15.0. The number of anilines is 1. The Morgan fingerprint density at radius 1 is 1.16 bits per heavy atom. The van der Waals surface area contributed by atoms with E-state index in [1.165, 1.54) is 11.2 Å². The van der Waals surface area contributed by atoms with Gasteiger partial charge in [0.1, 0.15) is 17.0 Å². The number of rotatable bonds is 7. The van der Waals surface area contributed by atoms with Gasteiger partial charge in [0, 0.05) is 0 Å². The number of furan rings is 1. The summed E-state index contributed by atoms with van der Waals surface area (Å²) in [5.41, 5.74) is -0.862. The zero-order valence-electron chi connectivity index (χ0n) is 17.8. The van der Waals surface area contributed by atoms with Gasteiger partial charge in [-0.25, -0.2) is 4.90 Å². The van der Waals surface area contributed by atoms with Crippen LogP contribution in [0.15, 0.2) is 47.1 Å². The number of amides is 2. The van der Waals surface area contributed by atoms with E-state index in [9.17, 15) is 14.4 Å². The molecule has 4 atom stereocenters. The third-order valence-electron chi connectivity index (χ3n) is 6.12. The van der Waals surface area contributed by atoms with Crippen LogP contribution in [0.1, 0.15) is 38.5 Å². The van der Waals surface area contributed by atoms with Crippen LogP contribution in [0, 0.1) is 11.8 Å². The molecule has 0 radical (unpaired) electrons. The largest absolute Gasteiger partial charge is 0.497 e. The molecule has 2 amide bonds. The van der Waals surface area contributed by atoms with E-state index in [4.69, 9.17) is 13.9 Å². The maximum atomic E-state index is 13.7. The Hall–Kier alpha value is -3.13. The average molecular weight is 426 g/mol. The van der Waals surface area contributed by atoms with Crippen LogP contribution in [0.4, 0.5) is 5.69 Å². The van der Waals surface area contributed by atoms with Crippen molar-refractivity contribution in [1.29, 1.82) is 0 Å². The number of ether oxygens (including phenoxy) is 2. The lowest BCUT2D eigenvalue weighted by Gasteiger charge is -2.32. The third kappa shape index (κ3) is 3.22. The molecule has 0 unspecified atom stereocenters. The Morgan fingerprint density at radius 3 is 2.48 bits per heavy atom. The number of fused-ring (bicyclic) bond motifs is 1. The van der Waals surface area contributed by atoms with E-state index >= 15 is 0 Å². The number of hydrogen-bond acceptors (Lipinski definition) is 7. The summed E-state index contributed by atoms with van der Waals surface area (Å²) in [7, 11) is 1.55. The molecule has 31 heavy (non-hydrogen) atoms. The van der Waals surface area contributed by atoms with Crippen molar-refractivity contribution in [3.63, 3.8) is 0 Å². The Bertz CT molecular complexity index is 970. The van der Waals surface area contributed by atoms with E-state index in [0.717, 1.165) is 0 Å². The zero-order chi connectivity index (χ0) is 22.2. The minimum atomic E-state index is -1.30. The van der Waals surface area contributed by atoms with E-state index in [-0.39, 0.29) is 12.5 Å². The lowest BCUT2D eigenvalue weighted by Crippen LogP contribution is -2.56. The van der Waals surface area contributed by atoms with Crippen LogP contribution in [0.25, 0.3) is 0 Å². The number of nitrogens with zero attached hydrogens (tertiary/aromatic N) is 1. The molecule has 0 saturated carbocycles. The summed E-state index contributed by atoms with van der Waals surface area (Å²) >= 11 is 0. The molecule has 2 aromatic rings. The second-order valence-corrected chi connectivity index (χ2v) is 7.79. The van der Waals surface area contributed by atoms with E-state index in [0.29, 0.717) is 30.0 Å². The average Bonchev–Trinajstić information content (AvgIpc) is 3.46. The SMILES string of the molecule is CCC[C@]1(C(=O)OCC)N[C@H](c2ccco2)[C@@H]2C(=O)N(c3ccc(OC)cc3)C(=O)[C@H]21. The van der Waals surface area contributed by atoms with E-state index < -0.39 is 35.3 Å². The lowest BCUT2D eigenvalue weighted by molar-refractivity contribution is -0.155. The highest BCUT2D eigenvalue weighted by Crippen LogP contribution is 2.51. The van der Waals surface area contributed by atoms with Gasteiger partial charge in [0.25, 0.3) is 0 Å². The summed E-state index contributed by atoms with van der Waals surface area (Å²) < 4.78 is 16.1. The Kier molecular flexibility index (Phi) is 5.58. The van der Waals surface area contributed by atoms with Gasteiger partial charge in [-0.1, -0.05) is 13.3 Å². The number of nitrogens with one attached hydrogen (secondary N) is 1. The van der Waals surface area contributed by atoms with Gasteiger partial charge in [-0.05, 0) is 49.7 Å².